The molecule has 1 atom stereocenters. The molecule has 1 aromatic carbocycles. The van der Waals surface area contributed by atoms with Crippen molar-refractivity contribution in [2.75, 3.05) is 5.32 Å². The van der Waals surface area contributed by atoms with Crippen LogP contribution in [0, 0.1) is 5.41 Å². The highest BCUT2D eigenvalue weighted by Crippen LogP contribution is 2.26. The summed E-state index contributed by atoms with van der Waals surface area (Å²) < 4.78 is 1.51. The van der Waals surface area contributed by atoms with Crippen LogP contribution in [0.5, 0.6) is 0 Å². The summed E-state index contributed by atoms with van der Waals surface area (Å²) in [6.45, 7) is 5.25. The molecule has 0 unspecified atom stereocenters. The fraction of sp³-hybridized carbons (Fsp3) is 0.385. The Kier molecular flexibility index (Phi) is 5.59. The van der Waals surface area contributed by atoms with Gasteiger partial charge in [-0.15, -0.1) is 0 Å². The second-order valence-corrected chi connectivity index (χ2v) is 7.13. The first kappa shape index (κ1) is 17.0. The van der Waals surface area contributed by atoms with Gasteiger partial charge in [-0.3, -0.25) is 0 Å². The van der Waals surface area contributed by atoms with Crippen molar-refractivity contribution in [3.8, 4) is 0 Å². The lowest BCUT2D eigenvalue weighted by molar-refractivity contribution is -0.141. The summed E-state index contributed by atoms with van der Waals surface area (Å²) in [5, 5.41) is 14.2. The molecule has 0 fully saturated rings. The lowest BCUT2D eigenvalue weighted by atomic mass is 9.87. The van der Waals surface area contributed by atoms with Crippen LogP contribution in [0.15, 0.2) is 27.1 Å². The Labute approximate surface area is 134 Å². The molecule has 0 heterocycles. The molecule has 0 saturated heterocycles. The molecule has 7 heteroatoms. The number of amides is 2. The van der Waals surface area contributed by atoms with Gasteiger partial charge in [-0.25, -0.2) is 9.59 Å². The van der Waals surface area contributed by atoms with Gasteiger partial charge < -0.3 is 15.7 Å². The molecule has 0 radical (unpaired) electrons. The maximum Gasteiger partial charge on any atom is 0.326 e. The van der Waals surface area contributed by atoms with Crippen molar-refractivity contribution in [1.82, 2.24) is 5.32 Å². The predicted octanol–water partition coefficient (Wildman–Crippen LogP) is 3.83. The van der Waals surface area contributed by atoms with Gasteiger partial charge in [-0.05, 0) is 39.5 Å². The van der Waals surface area contributed by atoms with Crippen LogP contribution < -0.4 is 10.6 Å². The van der Waals surface area contributed by atoms with E-state index in [4.69, 9.17) is 5.11 Å². The van der Waals surface area contributed by atoms with Crippen LogP contribution in [0.3, 0.4) is 0 Å². The standard InChI is InChI=1S/C13H16Br2N2O3/c1-13(2,3)10(11(18)19)17-12(20)16-9-6-7(14)4-5-8(9)15/h4-6,10H,1-3H3,(H,18,19)(H2,16,17,20)/t10-/m0/s1. The van der Waals surface area contributed by atoms with Gasteiger partial charge in [0.1, 0.15) is 6.04 Å². The van der Waals surface area contributed by atoms with E-state index in [0.717, 1.165) is 4.47 Å². The van der Waals surface area contributed by atoms with Crippen molar-refractivity contribution >= 4 is 49.5 Å². The van der Waals surface area contributed by atoms with E-state index in [1.807, 2.05) is 6.07 Å². The molecule has 0 saturated carbocycles. The third-order valence-corrected chi connectivity index (χ3v) is 3.75. The molecule has 0 spiro atoms. The average molecular weight is 408 g/mol. The minimum atomic E-state index is -1.07. The van der Waals surface area contributed by atoms with Gasteiger partial charge in [0.25, 0.3) is 0 Å². The molecule has 1 aromatic rings. The van der Waals surface area contributed by atoms with Gasteiger partial charge in [0, 0.05) is 8.95 Å². The number of aliphatic carboxylic acids is 1. The van der Waals surface area contributed by atoms with Gasteiger partial charge in [0.15, 0.2) is 0 Å². The summed E-state index contributed by atoms with van der Waals surface area (Å²) in [4.78, 5) is 23.1. The molecular weight excluding hydrogens is 392 g/mol. The van der Waals surface area contributed by atoms with E-state index in [1.165, 1.54) is 0 Å². The van der Waals surface area contributed by atoms with E-state index in [2.05, 4.69) is 42.5 Å². The van der Waals surface area contributed by atoms with Gasteiger partial charge in [-0.2, -0.15) is 0 Å². The minimum Gasteiger partial charge on any atom is -0.480 e. The quantitative estimate of drug-likeness (QED) is 0.712. The predicted molar refractivity (Wildman–Crippen MR) is 84.9 cm³/mol. The number of anilines is 1. The molecule has 0 aliphatic carbocycles. The van der Waals surface area contributed by atoms with Gasteiger partial charge in [-0.1, -0.05) is 36.7 Å². The smallest absolute Gasteiger partial charge is 0.326 e. The number of hydrogen-bond acceptors (Lipinski definition) is 2. The molecular formula is C13H16Br2N2O3. The first-order valence-electron chi connectivity index (χ1n) is 5.86. The summed E-state index contributed by atoms with van der Waals surface area (Å²) in [5.74, 6) is -1.07. The van der Waals surface area contributed by atoms with E-state index < -0.39 is 23.5 Å². The molecule has 1 rings (SSSR count). The highest BCUT2D eigenvalue weighted by Gasteiger charge is 2.32. The van der Waals surface area contributed by atoms with Crippen LogP contribution in [0.25, 0.3) is 0 Å². The zero-order chi connectivity index (χ0) is 15.5. The fourth-order valence-corrected chi connectivity index (χ4v) is 2.24. The Bertz CT molecular complexity index is 527. The number of carbonyl (C=O) groups excluding carboxylic acids is 1. The lowest BCUT2D eigenvalue weighted by Gasteiger charge is -2.27. The van der Waals surface area contributed by atoms with E-state index >= 15 is 0 Å². The van der Waals surface area contributed by atoms with E-state index in [9.17, 15) is 9.59 Å². The number of halogens is 2. The average Bonchev–Trinajstić information content (AvgIpc) is 2.29. The van der Waals surface area contributed by atoms with Crippen molar-refractivity contribution in [2.24, 2.45) is 5.41 Å². The zero-order valence-electron chi connectivity index (χ0n) is 11.3. The number of rotatable bonds is 3. The number of urea groups is 1. The number of carboxylic acids is 1. The molecule has 5 nitrogen and oxygen atoms in total. The molecule has 0 aromatic heterocycles. The molecule has 110 valence electrons. The summed E-state index contributed by atoms with van der Waals surface area (Å²) in [6.07, 6.45) is 0. The maximum atomic E-state index is 11.9. The summed E-state index contributed by atoms with van der Waals surface area (Å²) in [7, 11) is 0. The van der Waals surface area contributed by atoms with Crippen molar-refractivity contribution in [2.45, 2.75) is 26.8 Å². The SMILES string of the molecule is CC(C)(C)[C@@H](NC(=O)Nc1cc(Br)ccc1Br)C(=O)O. The topological polar surface area (TPSA) is 78.4 Å². The van der Waals surface area contributed by atoms with E-state index in [-0.39, 0.29) is 0 Å². The van der Waals surface area contributed by atoms with Crippen molar-refractivity contribution < 1.29 is 14.7 Å². The number of benzene rings is 1. The molecule has 0 bridgehead atoms. The normalized spacial score (nSPS) is 12.7. The number of nitrogens with one attached hydrogen (secondary N) is 2. The summed E-state index contributed by atoms with van der Waals surface area (Å²) in [6, 6.07) is 3.77. The largest absolute Gasteiger partial charge is 0.480 e. The lowest BCUT2D eigenvalue weighted by Crippen LogP contribution is -2.50. The highest BCUT2D eigenvalue weighted by atomic mass is 79.9. The molecule has 0 aliphatic rings. The fourth-order valence-electron chi connectivity index (χ4n) is 1.53. The van der Waals surface area contributed by atoms with Crippen LogP contribution in [0.4, 0.5) is 10.5 Å². The van der Waals surface area contributed by atoms with Crippen molar-refractivity contribution in [3.63, 3.8) is 0 Å². The molecule has 2 amide bonds. The second-order valence-electron chi connectivity index (χ2n) is 5.36. The first-order chi connectivity index (χ1) is 9.11. The van der Waals surface area contributed by atoms with Crippen LogP contribution in [0.1, 0.15) is 20.8 Å². The number of carbonyl (C=O) groups is 2. The third kappa shape index (κ3) is 4.79. The van der Waals surface area contributed by atoms with Crippen molar-refractivity contribution in [3.05, 3.63) is 27.1 Å². The zero-order valence-corrected chi connectivity index (χ0v) is 14.5. The third-order valence-electron chi connectivity index (χ3n) is 2.57. The van der Waals surface area contributed by atoms with Crippen LogP contribution in [-0.4, -0.2) is 23.1 Å². The summed E-state index contributed by atoms with van der Waals surface area (Å²) in [5.41, 5.74) is -0.0348. The second kappa shape index (κ2) is 6.58. The summed E-state index contributed by atoms with van der Waals surface area (Å²) >= 11 is 6.62. The van der Waals surface area contributed by atoms with Crippen LogP contribution in [0.2, 0.25) is 0 Å². The minimum absolute atomic E-state index is 0.551. The van der Waals surface area contributed by atoms with Crippen LogP contribution >= 0.6 is 31.9 Å². The Morgan fingerprint density at radius 2 is 1.85 bits per heavy atom. The highest BCUT2D eigenvalue weighted by molar-refractivity contribution is 9.11. The van der Waals surface area contributed by atoms with E-state index in [1.54, 1.807) is 32.9 Å². The molecule has 20 heavy (non-hydrogen) atoms. The molecule has 3 N–H and O–H groups in total. The Hall–Kier alpha value is -1.08. The number of carboxylic acid groups (broad SMARTS) is 1. The van der Waals surface area contributed by atoms with Gasteiger partial charge in [0.05, 0.1) is 5.69 Å². The van der Waals surface area contributed by atoms with Crippen LogP contribution in [-0.2, 0) is 4.79 Å². The van der Waals surface area contributed by atoms with Gasteiger partial charge in [0.2, 0.25) is 0 Å². The maximum absolute atomic E-state index is 11.9. The van der Waals surface area contributed by atoms with E-state index in [0.29, 0.717) is 10.2 Å². The first-order valence-corrected chi connectivity index (χ1v) is 7.45. The Morgan fingerprint density at radius 3 is 2.35 bits per heavy atom. The monoisotopic (exact) mass is 406 g/mol. The Balaban J connectivity index is 2.81. The molecule has 0 aliphatic heterocycles. The van der Waals surface area contributed by atoms with Gasteiger partial charge >= 0.3 is 12.0 Å². The number of hydrogen-bond donors (Lipinski definition) is 3. The van der Waals surface area contributed by atoms with Crippen molar-refractivity contribution in [1.29, 1.82) is 0 Å². The Morgan fingerprint density at radius 1 is 1.25 bits per heavy atom.